The van der Waals surface area contributed by atoms with Crippen molar-refractivity contribution in [1.82, 2.24) is 9.78 Å². The molecule has 0 aliphatic heterocycles. The van der Waals surface area contributed by atoms with Gasteiger partial charge in [0, 0.05) is 18.4 Å². The Hall–Kier alpha value is -2.41. The van der Waals surface area contributed by atoms with Gasteiger partial charge in [0.2, 0.25) is 11.7 Å². The van der Waals surface area contributed by atoms with Crippen molar-refractivity contribution in [3.63, 3.8) is 0 Å². The van der Waals surface area contributed by atoms with Crippen LogP contribution in [0.5, 0.6) is 5.88 Å². The van der Waals surface area contributed by atoms with Gasteiger partial charge in [0.25, 0.3) is 0 Å². The fourth-order valence-corrected chi connectivity index (χ4v) is 4.51. The fourth-order valence-electron chi connectivity index (χ4n) is 3.52. The monoisotopic (exact) mass is 446 g/mol. The lowest BCUT2D eigenvalue weighted by molar-refractivity contribution is 0.102. The van der Waals surface area contributed by atoms with E-state index in [1.54, 1.807) is 24.6 Å². The first-order chi connectivity index (χ1) is 14.3. The molecule has 1 unspecified atom stereocenters. The zero-order valence-corrected chi connectivity index (χ0v) is 20.9. The van der Waals surface area contributed by atoms with Crippen molar-refractivity contribution in [3.8, 4) is 5.88 Å². The van der Waals surface area contributed by atoms with Crippen molar-refractivity contribution in [3.05, 3.63) is 45.7 Å². The summed E-state index contributed by atoms with van der Waals surface area (Å²) in [4.78, 5) is 13.9. The third kappa shape index (κ3) is 4.92. The van der Waals surface area contributed by atoms with Gasteiger partial charge in [-0.3, -0.25) is 4.79 Å². The number of allylic oxidation sites excluding steroid dienone is 2. The summed E-state index contributed by atoms with van der Waals surface area (Å²) >= 11 is 0. The van der Waals surface area contributed by atoms with Gasteiger partial charge in [-0.25, -0.2) is 13.1 Å². The lowest BCUT2D eigenvalue weighted by atomic mass is 9.91. The summed E-state index contributed by atoms with van der Waals surface area (Å²) in [6, 6.07) is 3.14. The molecule has 0 saturated carbocycles. The highest BCUT2D eigenvalue weighted by atomic mass is 32.2. The number of nitrogens with zero attached hydrogens (tertiary/aromatic N) is 2. The number of hydrogen-bond acceptors (Lipinski definition) is 5. The van der Waals surface area contributed by atoms with Crippen LogP contribution in [0.15, 0.2) is 22.6 Å². The van der Waals surface area contributed by atoms with Crippen LogP contribution < -0.4 is 4.74 Å². The Balaban J connectivity index is 2.80. The summed E-state index contributed by atoms with van der Waals surface area (Å²) in [7, 11) is -3.46. The first-order valence-electron chi connectivity index (χ1n) is 10.6. The molecule has 0 spiro atoms. The molecule has 0 fully saturated rings. The van der Waals surface area contributed by atoms with Crippen LogP contribution in [0, 0.1) is 13.8 Å². The van der Waals surface area contributed by atoms with E-state index in [0.717, 1.165) is 17.6 Å². The summed E-state index contributed by atoms with van der Waals surface area (Å²) in [5, 5.41) is 4.50. The number of carbonyl (C=O) groups is 1. The van der Waals surface area contributed by atoms with Gasteiger partial charge in [-0.2, -0.15) is 5.10 Å². The SMILES string of the molecule is CCC(C)Oc1c(C(=O)c2ccc(S(C)(=O)=O)c(C(C)=C(C)C)c2C)c(C)nn1CC. The van der Waals surface area contributed by atoms with Crippen molar-refractivity contribution >= 4 is 21.2 Å². The Labute approximate surface area is 186 Å². The first-order valence-corrected chi connectivity index (χ1v) is 12.5. The standard InChI is InChI=1S/C24H34N2O4S/c1-10-15(5)30-24-22(18(8)25-26(24)11-2)23(27)19-12-13-20(31(9,28)29)21(17(19)7)16(6)14(3)4/h12-13,15H,10-11H2,1-9H3. The Kier molecular flexibility index (Phi) is 7.53. The van der Waals surface area contributed by atoms with E-state index in [1.165, 1.54) is 12.3 Å². The smallest absolute Gasteiger partial charge is 0.223 e. The quantitative estimate of drug-likeness (QED) is 0.524. The summed E-state index contributed by atoms with van der Waals surface area (Å²) < 4.78 is 32.7. The van der Waals surface area contributed by atoms with Gasteiger partial charge in [0.15, 0.2) is 9.84 Å². The van der Waals surface area contributed by atoms with Crippen LogP contribution in [0.2, 0.25) is 0 Å². The van der Waals surface area contributed by atoms with Gasteiger partial charge in [0.05, 0.1) is 16.7 Å². The molecule has 0 bridgehead atoms. The maximum Gasteiger partial charge on any atom is 0.223 e. The van der Waals surface area contributed by atoms with Crippen LogP contribution in [-0.4, -0.2) is 36.3 Å². The molecule has 2 rings (SSSR count). The van der Waals surface area contributed by atoms with Crippen LogP contribution in [0.3, 0.4) is 0 Å². The Bertz CT molecular complexity index is 1140. The maximum absolute atomic E-state index is 13.7. The maximum atomic E-state index is 13.7. The molecule has 170 valence electrons. The molecule has 1 aromatic heterocycles. The molecule has 7 heteroatoms. The average molecular weight is 447 g/mol. The second-order valence-electron chi connectivity index (χ2n) is 8.26. The minimum atomic E-state index is -3.46. The number of carbonyl (C=O) groups excluding carboxylic acids is 1. The molecule has 1 aromatic carbocycles. The number of rotatable bonds is 8. The van der Waals surface area contributed by atoms with Gasteiger partial charge >= 0.3 is 0 Å². The van der Waals surface area contributed by atoms with Crippen molar-refractivity contribution < 1.29 is 17.9 Å². The van der Waals surface area contributed by atoms with E-state index < -0.39 is 9.84 Å². The van der Waals surface area contributed by atoms with Crippen LogP contribution in [0.25, 0.3) is 5.57 Å². The van der Waals surface area contributed by atoms with E-state index in [-0.39, 0.29) is 16.8 Å². The van der Waals surface area contributed by atoms with Crippen molar-refractivity contribution in [2.45, 2.75) is 79.4 Å². The highest BCUT2D eigenvalue weighted by Crippen LogP contribution is 2.34. The summed E-state index contributed by atoms with van der Waals surface area (Å²) in [5.41, 5.74) is 4.56. The van der Waals surface area contributed by atoms with E-state index in [1.807, 2.05) is 41.5 Å². The Morgan fingerprint density at radius 2 is 1.74 bits per heavy atom. The van der Waals surface area contributed by atoms with Gasteiger partial charge in [-0.1, -0.05) is 12.5 Å². The van der Waals surface area contributed by atoms with Crippen molar-refractivity contribution in [2.75, 3.05) is 6.26 Å². The topological polar surface area (TPSA) is 78.3 Å². The lowest BCUT2D eigenvalue weighted by Gasteiger charge is -2.18. The molecule has 0 amide bonds. The summed E-state index contributed by atoms with van der Waals surface area (Å²) in [5.74, 6) is 0.252. The molecule has 0 aliphatic carbocycles. The highest BCUT2D eigenvalue weighted by molar-refractivity contribution is 7.90. The molecule has 31 heavy (non-hydrogen) atoms. The second-order valence-corrected chi connectivity index (χ2v) is 10.2. The van der Waals surface area contributed by atoms with E-state index >= 15 is 0 Å². The third-order valence-electron chi connectivity index (χ3n) is 5.69. The number of ether oxygens (including phenoxy) is 1. The predicted octanol–water partition coefficient (Wildman–Crippen LogP) is 5.14. The molecule has 2 aromatic rings. The third-order valence-corrected chi connectivity index (χ3v) is 6.83. The largest absolute Gasteiger partial charge is 0.474 e. The average Bonchev–Trinajstić information content (AvgIpc) is 3.00. The van der Waals surface area contributed by atoms with E-state index in [0.29, 0.717) is 40.4 Å². The summed E-state index contributed by atoms with van der Waals surface area (Å²) in [6.45, 7) is 15.9. The molecule has 0 N–H and O–H groups in total. The molecule has 6 nitrogen and oxygen atoms in total. The zero-order valence-electron chi connectivity index (χ0n) is 20.1. The van der Waals surface area contributed by atoms with Gasteiger partial charge in [-0.15, -0.1) is 0 Å². The normalized spacial score (nSPS) is 12.5. The van der Waals surface area contributed by atoms with Gasteiger partial charge in [0.1, 0.15) is 5.56 Å². The number of benzene rings is 1. The van der Waals surface area contributed by atoms with Crippen LogP contribution in [0.1, 0.15) is 80.7 Å². The van der Waals surface area contributed by atoms with Gasteiger partial charge < -0.3 is 4.74 Å². The van der Waals surface area contributed by atoms with Crippen LogP contribution in [-0.2, 0) is 16.4 Å². The number of aryl methyl sites for hydroxylation is 2. The zero-order chi connectivity index (χ0) is 23.7. The second kappa shape index (κ2) is 9.39. The lowest BCUT2D eigenvalue weighted by Crippen LogP contribution is -2.16. The highest BCUT2D eigenvalue weighted by Gasteiger charge is 2.28. The number of sulfone groups is 1. The van der Waals surface area contributed by atoms with Crippen LogP contribution >= 0.6 is 0 Å². The predicted molar refractivity (Wildman–Crippen MR) is 125 cm³/mol. The van der Waals surface area contributed by atoms with E-state index in [9.17, 15) is 13.2 Å². The van der Waals surface area contributed by atoms with E-state index in [2.05, 4.69) is 5.10 Å². The van der Waals surface area contributed by atoms with Gasteiger partial charge in [-0.05, 0) is 83.7 Å². The molecule has 0 aliphatic rings. The molecular formula is C24H34N2O4S. The van der Waals surface area contributed by atoms with Crippen molar-refractivity contribution in [1.29, 1.82) is 0 Å². The minimum absolute atomic E-state index is 0.0647. The number of ketones is 1. The molecule has 0 saturated heterocycles. The van der Waals surface area contributed by atoms with Crippen LogP contribution in [0.4, 0.5) is 0 Å². The Morgan fingerprint density at radius 3 is 2.23 bits per heavy atom. The number of aromatic nitrogens is 2. The molecule has 1 heterocycles. The molecular weight excluding hydrogens is 412 g/mol. The number of hydrogen-bond donors (Lipinski definition) is 0. The fraction of sp³-hybridized carbons (Fsp3) is 0.500. The van der Waals surface area contributed by atoms with Crippen molar-refractivity contribution in [2.24, 2.45) is 0 Å². The molecule has 0 radical (unpaired) electrons. The van der Waals surface area contributed by atoms with E-state index in [4.69, 9.17) is 4.74 Å². The first kappa shape index (κ1) is 24.9. The molecule has 1 atom stereocenters. The minimum Gasteiger partial charge on any atom is -0.474 e. The Morgan fingerprint density at radius 1 is 1.13 bits per heavy atom. The summed E-state index contributed by atoms with van der Waals surface area (Å²) in [6.07, 6.45) is 1.93.